The number of ether oxygens (including phenoxy) is 2. The van der Waals surface area contributed by atoms with E-state index < -0.39 is 11.3 Å². The van der Waals surface area contributed by atoms with Gasteiger partial charge in [-0.2, -0.15) is 0 Å². The Labute approximate surface area is 261 Å². The van der Waals surface area contributed by atoms with Crippen LogP contribution < -0.4 is 26.3 Å². The van der Waals surface area contributed by atoms with Gasteiger partial charge in [-0.15, -0.1) is 0 Å². The number of carbonyl (C=O) groups is 2. The molecule has 7 rings (SSSR count). The number of carbonyl (C=O) groups excluding carboxylic acids is 2. The van der Waals surface area contributed by atoms with Crippen molar-refractivity contribution in [2.24, 2.45) is 16.6 Å². The lowest BCUT2D eigenvalue weighted by Gasteiger charge is -2.22. The molecular formula is C35H36N6O4. The molecule has 2 atom stereocenters. The third-order valence-corrected chi connectivity index (χ3v) is 9.22. The second-order valence-electron chi connectivity index (χ2n) is 12.5. The van der Waals surface area contributed by atoms with Crippen molar-refractivity contribution in [2.45, 2.75) is 50.0 Å². The first-order valence-electron chi connectivity index (χ1n) is 15.4. The van der Waals surface area contributed by atoms with E-state index >= 15 is 0 Å². The van der Waals surface area contributed by atoms with Crippen molar-refractivity contribution < 1.29 is 19.1 Å². The molecule has 0 bridgehead atoms. The van der Waals surface area contributed by atoms with E-state index in [1.807, 2.05) is 43.3 Å². The fourth-order valence-electron chi connectivity index (χ4n) is 6.06. The third-order valence-electron chi connectivity index (χ3n) is 9.22. The third kappa shape index (κ3) is 5.34. The highest BCUT2D eigenvalue weighted by molar-refractivity contribution is 6.00. The number of para-hydroxylation sites is 1. The van der Waals surface area contributed by atoms with E-state index in [1.54, 1.807) is 24.5 Å². The Morgan fingerprint density at radius 2 is 1.98 bits per heavy atom. The van der Waals surface area contributed by atoms with Gasteiger partial charge in [-0.3, -0.25) is 19.6 Å². The summed E-state index contributed by atoms with van der Waals surface area (Å²) in [5.74, 6) is 0.534. The summed E-state index contributed by atoms with van der Waals surface area (Å²) in [6.45, 7) is 2.30. The molecule has 5 N–H and O–H groups in total. The van der Waals surface area contributed by atoms with Crippen LogP contribution >= 0.6 is 0 Å². The van der Waals surface area contributed by atoms with Crippen LogP contribution in [-0.4, -0.2) is 54.3 Å². The van der Waals surface area contributed by atoms with Gasteiger partial charge in [0.15, 0.2) is 0 Å². The van der Waals surface area contributed by atoms with Gasteiger partial charge in [-0.25, -0.2) is 4.98 Å². The minimum Gasteiger partial charge on any atom is -0.495 e. The van der Waals surface area contributed by atoms with Gasteiger partial charge in [0.25, 0.3) is 5.91 Å². The molecule has 0 radical (unpaired) electrons. The minimum absolute atomic E-state index is 0.0876. The quantitative estimate of drug-likeness (QED) is 0.177. The average molecular weight is 605 g/mol. The second kappa shape index (κ2) is 11.2. The Bertz CT molecular complexity index is 1860. The predicted octanol–water partition coefficient (Wildman–Crippen LogP) is 4.53. The number of benzene rings is 2. The largest absolute Gasteiger partial charge is 0.495 e. The molecule has 0 spiro atoms. The Balaban J connectivity index is 1.25. The number of aliphatic imine (C=N–C) groups is 1. The van der Waals surface area contributed by atoms with E-state index in [2.05, 4.69) is 15.3 Å². The van der Waals surface area contributed by atoms with Crippen molar-refractivity contribution in [2.75, 3.05) is 26.0 Å². The normalized spacial score (nSPS) is 19.7. The van der Waals surface area contributed by atoms with Gasteiger partial charge in [0.1, 0.15) is 29.2 Å². The van der Waals surface area contributed by atoms with Crippen LogP contribution in [0, 0.1) is 5.92 Å². The topological polar surface area (TPSA) is 155 Å². The number of nitrogens with one attached hydrogen (secondary N) is 1. The maximum atomic E-state index is 13.6. The lowest BCUT2D eigenvalue weighted by atomic mass is 9.82. The Kier molecular flexibility index (Phi) is 7.14. The SMILES string of the molecule is COc1cc(C(=O)NC[C@H](c2cc3c(c(-c4ccnc5ccccc45)n2)OC[C@]3(C)C(N)=O)C2CC2)cc(C=NC2CC2)c1N. The zero-order valence-electron chi connectivity index (χ0n) is 25.4. The fraction of sp³-hybridized carbons (Fsp3) is 0.343. The van der Waals surface area contributed by atoms with Gasteiger partial charge in [-0.1, -0.05) is 18.2 Å². The number of nitrogen functional groups attached to an aromatic ring is 1. The second-order valence-corrected chi connectivity index (χ2v) is 12.5. The first kappa shape index (κ1) is 28.8. The van der Waals surface area contributed by atoms with E-state index in [0.717, 1.165) is 53.4 Å². The van der Waals surface area contributed by atoms with Crippen molar-refractivity contribution in [1.29, 1.82) is 0 Å². The minimum atomic E-state index is -1.01. The first-order chi connectivity index (χ1) is 21.8. The summed E-state index contributed by atoms with van der Waals surface area (Å²) in [5, 5.41) is 4.07. The molecule has 10 heteroatoms. The number of hydrogen-bond donors (Lipinski definition) is 3. The number of hydrogen-bond acceptors (Lipinski definition) is 8. The summed E-state index contributed by atoms with van der Waals surface area (Å²) in [5.41, 5.74) is 16.6. The van der Waals surface area contributed by atoms with Gasteiger partial charge < -0.3 is 26.3 Å². The number of nitrogens with two attached hydrogens (primary N) is 2. The van der Waals surface area contributed by atoms with Gasteiger partial charge in [0.05, 0.1) is 24.4 Å². The maximum absolute atomic E-state index is 13.6. The summed E-state index contributed by atoms with van der Waals surface area (Å²) >= 11 is 0. The Morgan fingerprint density at radius 3 is 2.71 bits per heavy atom. The number of aromatic nitrogens is 2. The maximum Gasteiger partial charge on any atom is 0.251 e. The van der Waals surface area contributed by atoms with Gasteiger partial charge in [-0.05, 0) is 68.9 Å². The number of pyridine rings is 2. The molecular weight excluding hydrogens is 568 g/mol. The number of amides is 2. The Morgan fingerprint density at radius 1 is 1.18 bits per heavy atom. The number of primary amides is 1. The average Bonchev–Trinajstić information content (AvgIpc) is 3.99. The molecule has 2 saturated carbocycles. The molecule has 4 aromatic rings. The van der Waals surface area contributed by atoms with Gasteiger partial charge in [0, 0.05) is 58.2 Å². The lowest BCUT2D eigenvalue weighted by molar-refractivity contribution is -0.123. The van der Waals surface area contributed by atoms with Gasteiger partial charge in [0.2, 0.25) is 5.91 Å². The zero-order chi connectivity index (χ0) is 31.3. The van der Waals surface area contributed by atoms with E-state index in [1.165, 1.54) is 7.11 Å². The molecule has 3 aliphatic rings. The smallest absolute Gasteiger partial charge is 0.251 e. The summed E-state index contributed by atoms with van der Waals surface area (Å²) in [6.07, 6.45) is 7.66. The summed E-state index contributed by atoms with van der Waals surface area (Å²) in [6, 6.07) is 15.5. The molecule has 45 heavy (non-hydrogen) atoms. The first-order valence-corrected chi connectivity index (χ1v) is 15.4. The van der Waals surface area contributed by atoms with Crippen LogP contribution in [0.4, 0.5) is 5.69 Å². The molecule has 0 saturated heterocycles. The molecule has 2 aromatic carbocycles. The molecule has 2 aliphatic carbocycles. The zero-order valence-corrected chi connectivity index (χ0v) is 25.4. The van der Waals surface area contributed by atoms with Crippen LogP contribution in [0.2, 0.25) is 0 Å². The monoisotopic (exact) mass is 604 g/mol. The molecule has 10 nitrogen and oxygen atoms in total. The van der Waals surface area contributed by atoms with Gasteiger partial charge >= 0.3 is 0 Å². The van der Waals surface area contributed by atoms with Crippen LogP contribution in [0.3, 0.4) is 0 Å². The number of nitrogens with zero attached hydrogens (tertiary/aromatic N) is 3. The highest BCUT2D eigenvalue weighted by Gasteiger charge is 2.45. The van der Waals surface area contributed by atoms with Crippen molar-refractivity contribution in [3.8, 4) is 22.8 Å². The standard InChI is InChI=1S/C35H36N6O4/c1-35(34(37)43)18-45-32-26(35)15-28(41-31(32)24-11-12-38-27-6-4-3-5-23(24)27)25(19-7-8-19)17-40-33(42)20-13-21(16-39-22-9-10-22)30(36)29(14-20)44-2/h3-6,11-16,19,22,25H,7-10,17-18,36H2,1-2H3,(H2,37,43)(H,40,42)/t25-,35-/m0/s1. The number of methoxy groups -OCH3 is 1. The van der Waals surface area contributed by atoms with Crippen LogP contribution in [-0.2, 0) is 10.2 Å². The molecule has 1 aliphatic heterocycles. The molecule has 0 unspecified atom stereocenters. The highest BCUT2D eigenvalue weighted by Crippen LogP contribution is 2.49. The highest BCUT2D eigenvalue weighted by atomic mass is 16.5. The van der Waals surface area contributed by atoms with E-state index in [9.17, 15) is 9.59 Å². The fourth-order valence-corrected chi connectivity index (χ4v) is 6.06. The van der Waals surface area contributed by atoms with Crippen molar-refractivity contribution in [3.63, 3.8) is 0 Å². The van der Waals surface area contributed by atoms with Crippen LogP contribution in [0.25, 0.3) is 22.2 Å². The lowest BCUT2D eigenvalue weighted by Crippen LogP contribution is -2.40. The number of fused-ring (bicyclic) bond motifs is 2. The Hall–Kier alpha value is -4.99. The van der Waals surface area contributed by atoms with E-state index in [4.69, 9.17) is 25.9 Å². The predicted molar refractivity (Wildman–Crippen MR) is 173 cm³/mol. The van der Waals surface area contributed by atoms with E-state index in [-0.39, 0.29) is 18.4 Å². The molecule has 230 valence electrons. The summed E-state index contributed by atoms with van der Waals surface area (Å²) < 4.78 is 11.7. The molecule has 2 amide bonds. The van der Waals surface area contributed by atoms with E-state index in [0.29, 0.717) is 52.5 Å². The number of rotatable bonds is 10. The number of anilines is 1. The van der Waals surface area contributed by atoms with Crippen molar-refractivity contribution >= 4 is 34.6 Å². The summed E-state index contributed by atoms with van der Waals surface area (Å²) in [7, 11) is 1.53. The van der Waals surface area contributed by atoms with Crippen LogP contribution in [0.15, 0.2) is 59.7 Å². The van der Waals surface area contributed by atoms with Crippen LogP contribution in [0.1, 0.15) is 65.7 Å². The summed E-state index contributed by atoms with van der Waals surface area (Å²) in [4.78, 5) is 40.6. The van der Waals surface area contributed by atoms with Crippen molar-refractivity contribution in [3.05, 3.63) is 77.1 Å². The molecule has 3 heterocycles. The van der Waals surface area contributed by atoms with Crippen LogP contribution in [0.5, 0.6) is 11.5 Å². The van der Waals surface area contributed by atoms with Crippen molar-refractivity contribution in [1.82, 2.24) is 15.3 Å². The molecule has 2 aromatic heterocycles. The molecule has 2 fully saturated rings.